The Kier molecular flexibility index (Phi) is 5.15. The Labute approximate surface area is 184 Å². The normalized spacial score (nSPS) is 20.5. The van der Waals surface area contributed by atoms with Gasteiger partial charge in [-0.05, 0) is 23.7 Å². The molecule has 2 aliphatic rings. The van der Waals surface area contributed by atoms with E-state index in [2.05, 4.69) is 48.0 Å². The number of imidazole rings is 1. The molecule has 31 heavy (non-hydrogen) atoms. The van der Waals surface area contributed by atoms with Gasteiger partial charge in [0.05, 0.1) is 11.3 Å². The second-order valence-corrected chi connectivity index (χ2v) is 10.4. The minimum absolute atomic E-state index is 0.0429. The molecule has 0 bridgehead atoms. The third-order valence-electron chi connectivity index (χ3n) is 7.30. The lowest BCUT2D eigenvalue weighted by atomic mass is 9.96. The second kappa shape index (κ2) is 7.44. The first-order valence-electron chi connectivity index (χ1n) is 10.4. The Morgan fingerprint density at radius 1 is 1.19 bits per heavy atom. The molecular weight excluding hydrogens is 416 g/mol. The van der Waals surface area contributed by atoms with Crippen LogP contribution in [0, 0.1) is 16.7 Å². The van der Waals surface area contributed by atoms with Crippen molar-refractivity contribution in [2.75, 3.05) is 18.4 Å². The summed E-state index contributed by atoms with van der Waals surface area (Å²) in [4.78, 5) is 49.8. The van der Waals surface area contributed by atoms with Gasteiger partial charge in [0.15, 0.2) is 5.82 Å². The lowest BCUT2D eigenvalue weighted by Crippen LogP contribution is -2.39. The van der Waals surface area contributed by atoms with Crippen molar-refractivity contribution in [1.82, 2.24) is 19.9 Å². The summed E-state index contributed by atoms with van der Waals surface area (Å²) in [6.45, 7) is 10.1. The molecule has 0 atom stereocenters. The van der Waals surface area contributed by atoms with E-state index in [0.717, 1.165) is 17.8 Å². The predicted octanol–water partition coefficient (Wildman–Crippen LogP) is 2.61. The lowest BCUT2D eigenvalue weighted by Gasteiger charge is -2.31. The van der Waals surface area contributed by atoms with Crippen LogP contribution in [0.3, 0.4) is 0 Å². The van der Waals surface area contributed by atoms with Crippen LogP contribution < -0.4 is 11.1 Å². The summed E-state index contributed by atoms with van der Waals surface area (Å²) in [6, 6.07) is 0. The minimum Gasteiger partial charge on any atom is -0.364 e. The third-order valence-corrected chi connectivity index (χ3v) is 8.30. The molecule has 1 saturated carbocycles. The number of H-pyrrole nitrogens is 1. The van der Waals surface area contributed by atoms with E-state index in [1.807, 2.05) is 4.90 Å². The van der Waals surface area contributed by atoms with Crippen LogP contribution in [0.4, 0.5) is 5.82 Å². The van der Waals surface area contributed by atoms with E-state index in [0.29, 0.717) is 13.1 Å². The average Bonchev–Trinajstić information content (AvgIpc) is 3.21. The Morgan fingerprint density at radius 2 is 1.84 bits per heavy atom. The maximum atomic E-state index is 13.0. The Hall–Kier alpha value is -2.75. The van der Waals surface area contributed by atoms with Gasteiger partial charge < -0.3 is 20.9 Å². The number of nitrogens with zero attached hydrogens (tertiary/aromatic N) is 3. The number of nitrogens with one attached hydrogen (secondary N) is 2. The van der Waals surface area contributed by atoms with Gasteiger partial charge in [0, 0.05) is 30.3 Å². The predicted molar refractivity (Wildman–Crippen MR) is 117 cm³/mol. The number of piperidine rings is 1. The molecule has 2 aromatic rings. The molecule has 4 rings (SSSR count). The number of nitrogens with two attached hydrogens (primary N) is 1. The molecule has 0 aromatic carbocycles. The largest absolute Gasteiger partial charge is 0.364 e. The van der Waals surface area contributed by atoms with Crippen molar-refractivity contribution in [1.29, 1.82) is 0 Å². The first kappa shape index (κ1) is 21.5. The lowest BCUT2D eigenvalue weighted by molar-refractivity contribution is -0.134. The topological polar surface area (TPSA) is 134 Å². The van der Waals surface area contributed by atoms with Gasteiger partial charge in [0.25, 0.3) is 11.8 Å². The summed E-state index contributed by atoms with van der Waals surface area (Å²) in [7, 11) is 0. The van der Waals surface area contributed by atoms with Crippen LogP contribution >= 0.6 is 11.3 Å². The molecule has 2 aromatic heterocycles. The van der Waals surface area contributed by atoms with Crippen molar-refractivity contribution in [2.45, 2.75) is 46.5 Å². The van der Waals surface area contributed by atoms with Crippen LogP contribution in [0.5, 0.6) is 0 Å². The van der Waals surface area contributed by atoms with Crippen molar-refractivity contribution in [3.8, 4) is 0 Å². The summed E-state index contributed by atoms with van der Waals surface area (Å²) in [5.41, 5.74) is 5.66. The van der Waals surface area contributed by atoms with Crippen molar-refractivity contribution in [2.24, 2.45) is 22.5 Å². The maximum absolute atomic E-state index is 13.0. The number of carbonyl (C=O) groups excluding carboxylic acids is 3. The summed E-state index contributed by atoms with van der Waals surface area (Å²) >= 11 is 1.44. The molecule has 0 radical (unpaired) electrons. The van der Waals surface area contributed by atoms with Crippen molar-refractivity contribution in [3.05, 3.63) is 28.1 Å². The van der Waals surface area contributed by atoms with Crippen molar-refractivity contribution >= 4 is 34.9 Å². The number of thiazole rings is 1. The van der Waals surface area contributed by atoms with Crippen LogP contribution in [-0.4, -0.2) is 50.7 Å². The van der Waals surface area contributed by atoms with Crippen LogP contribution in [0.1, 0.15) is 72.4 Å². The number of amides is 3. The monoisotopic (exact) mass is 444 g/mol. The molecule has 9 nitrogen and oxygen atoms in total. The minimum atomic E-state index is -0.703. The Bertz CT molecular complexity index is 1020. The zero-order chi connectivity index (χ0) is 22.6. The molecule has 1 saturated heterocycles. The van der Waals surface area contributed by atoms with Gasteiger partial charge in [-0.1, -0.05) is 27.7 Å². The fraction of sp³-hybridized carbons (Fsp3) is 0.571. The standard InChI is InChI=1S/C21H28N6O3S/c1-20(2)14(21(20,3)4)19(30)27-7-5-11(6-8-27)18-25-12(9-31-18)17(29)26-16-13(15(22)28)23-10-24-16/h9-11,14H,5-8H2,1-4H3,(H2,22,28)(H,23,24)(H,26,29). The van der Waals surface area contributed by atoms with Gasteiger partial charge in [0.2, 0.25) is 5.91 Å². The summed E-state index contributed by atoms with van der Waals surface area (Å²) in [5.74, 6) is -0.489. The van der Waals surface area contributed by atoms with Gasteiger partial charge in [-0.25, -0.2) is 9.97 Å². The third kappa shape index (κ3) is 3.62. The molecule has 0 spiro atoms. The van der Waals surface area contributed by atoms with Crippen molar-refractivity contribution < 1.29 is 14.4 Å². The number of primary amides is 1. The molecule has 3 heterocycles. The fourth-order valence-electron chi connectivity index (χ4n) is 4.67. The summed E-state index contributed by atoms with van der Waals surface area (Å²) in [5, 5.41) is 5.16. The highest BCUT2D eigenvalue weighted by Gasteiger charge is 2.68. The van der Waals surface area contributed by atoms with Gasteiger partial charge >= 0.3 is 0 Å². The number of hydrogen-bond acceptors (Lipinski definition) is 6. The van der Waals surface area contributed by atoms with Crippen LogP contribution in [0.2, 0.25) is 0 Å². The number of rotatable bonds is 5. The maximum Gasteiger partial charge on any atom is 0.276 e. The number of aromatic nitrogens is 3. The van der Waals surface area contributed by atoms with Crippen LogP contribution in [0.15, 0.2) is 11.7 Å². The number of carbonyl (C=O) groups is 3. The van der Waals surface area contributed by atoms with E-state index in [-0.39, 0.29) is 45.8 Å². The first-order valence-corrected chi connectivity index (χ1v) is 11.3. The zero-order valence-corrected chi connectivity index (χ0v) is 19.0. The van der Waals surface area contributed by atoms with E-state index in [1.165, 1.54) is 17.7 Å². The molecular formula is C21H28N6O3S. The number of likely N-dealkylation sites (tertiary alicyclic amines) is 1. The Morgan fingerprint density at radius 3 is 2.42 bits per heavy atom. The highest BCUT2D eigenvalue weighted by Crippen LogP contribution is 2.68. The van der Waals surface area contributed by atoms with Crippen LogP contribution in [-0.2, 0) is 4.79 Å². The number of aromatic amines is 1. The quantitative estimate of drug-likeness (QED) is 0.652. The van der Waals surface area contributed by atoms with E-state index in [1.54, 1.807) is 5.38 Å². The number of hydrogen-bond donors (Lipinski definition) is 3. The van der Waals surface area contributed by atoms with E-state index in [4.69, 9.17) is 5.73 Å². The zero-order valence-electron chi connectivity index (χ0n) is 18.2. The smallest absolute Gasteiger partial charge is 0.276 e. The Balaban J connectivity index is 1.35. The first-order chi connectivity index (χ1) is 14.5. The molecule has 4 N–H and O–H groups in total. The second-order valence-electron chi connectivity index (χ2n) is 9.49. The number of anilines is 1. The van der Waals surface area contributed by atoms with Crippen LogP contribution in [0.25, 0.3) is 0 Å². The summed E-state index contributed by atoms with van der Waals surface area (Å²) < 4.78 is 0. The van der Waals surface area contributed by atoms with Crippen molar-refractivity contribution in [3.63, 3.8) is 0 Å². The highest BCUT2D eigenvalue weighted by atomic mass is 32.1. The summed E-state index contributed by atoms with van der Waals surface area (Å²) in [6.07, 6.45) is 2.96. The van der Waals surface area contributed by atoms with Gasteiger partial charge in [-0.3, -0.25) is 14.4 Å². The van der Waals surface area contributed by atoms with E-state index in [9.17, 15) is 14.4 Å². The average molecular weight is 445 g/mol. The van der Waals surface area contributed by atoms with Gasteiger partial charge in [0.1, 0.15) is 11.4 Å². The van der Waals surface area contributed by atoms with E-state index >= 15 is 0 Å². The highest BCUT2D eigenvalue weighted by molar-refractivity contribution is 7.10. The molecule has 2 fully saturated rings. The van der Waals surface area contributed by atoms with Gasteiger partial charge in [-0.2, -0.15) is 0 Å². The molecule has 1 aliphatic heterocycles. The SMILES string of the molecule is CC1(C)C(C(=O)N2CCC(c3nc(C(=O)Nc4nc[nH]c4C(N)=O)cs3)CC2)C1(C)C. The molecule has 0 unspecified atom stereocenters. The molecule has 1 aliphatic carbocycles. The fourth-order valence-corrected chi connectivity index (χ4v) is 5.64. The van der Waals surface area contributed by atoms with Gasteiger partial charge in [-0.15, -0.1) is 11.3 Å². The molecule has 10 heteroatoms. The molecule has 3 amide bonds. The van der Waals surface area contributed by atoms with E-state index < -0.39 is 11.8 Å². The molecule has 166 valence electrons.